The normalized spacial score (nSPS) is 18.9. The van der Waals surface area contributed by atoms with Gasteiger partial charge in [0.25, 0.3) is 0 Å². The van der Waals surface area contributed by atoms with Gasteiger partial charge in [-0.1, -0.05) is 11.6 Å². The number of methoxy groups -OCH3 is 1. The third kappa shape index (κ3) is 4.51. The second kappa shape index (κ2) is 8.04. The summed E-state index contributed by atoms with van der Waals surface area (Å²) >= 11 is 6.39. The zero-order valence-electron chi connectivity index (χ0n) is 14.1. The molecule has 22 heavy (non-hydrogen) atoms. The van der Waals surface area contributed by atoms with Crippen molar-refractivity contribution in [3.8, 4) is 11.5 Å². The molecule has 1 heterocycles. The van der Waals surface area contributed by atoms with Crippen molar-refractivity contribution < 1.29 is 9.47 Å². The maximum atomic E-state index is 6.39. The number of hydrogen-bond acceptors (Lipinski definition) is 4. The minimum atomic E-state index is 0.613. The van der Waals surface area contributed by atoms with Crippen LogP contribution in [-0.2, 0) is 6.54 Å². The lowest BCUT2D eigenvalue weighted by atomic mass is 10.1. The molecule has 0 radical (unpaired) electrons. The molecule has 4 nitrogen and oxygen atoms in total. The molecule has 2 rings (SSSR count). The van der Waals surface area contributed by atoms with E-state index in [9.17, 15) is 0 Å². The first-order valence-electron chi connectivity index (χ1n) is 7.89. The van der Waals surface area contributed by atoms with E-state index in [0.717, 1.165) is 35.3 Å². The Morgan fingerprint density at radius 2 is 2.14 bits per heavy atom. The fourth-order valence-corrected chi connectivity index (χ4v) is 3.31. The van der Waals surface area contributed by atoms with Crippen molar-refractivity contribution in [2.24, 2.45) is 5.92 Å². The average Bonchev–Trinajstić information content (AvgIpc) is 2.87. The van der Waals surface area contributed by atoms with Crippen molar-refractivity contribution in [1.29, 1.82) is 0 Å². The molecule has 0 bridgehead atoms. The van der Waals surface area contributed by atoms with E-state index in [1.165, 1.54) is 19.5 Å². The molecule has 0 spiro atoms. The molecular weight excluding hydrogens is 300 g/mol. The Morgan fingerprint density at radius 3 is 2.73 bits per heavy atom. The van der Waals surface area contributed by atoms with Gasteiger partial charge in [-0.2, -0.15) is 0 Å². The second-order valence-electron chi connectivity index (χ2n) is 6.14. The fourth-order valence-electron chi connectivity index (χ4n) is 3.10. The first-order valence-corrected chi connectivity index (χ1v) is 8.27. The second-order valence-corrected chi connectivity index (χ2v) is 6.55. The Hall–Kier alpha value is -0.970. The molecule has 5 heteroatoms. The summed E-state index contributed by atoms with van der Waals surface area (Å²) in [6.45, 7) is 6.89. The summed E-state index contributed by atoms with van der Waals surface area (Å²) in [5.74, 6) is 2.20. The Kier molecular flexibility index (Phi) is 6.36. The number of nitrogens with zero attached hydrogens (tertiary/aromatic N) is 2. The minimum absolute atomic E-state index is 0.613. The minimum Gasteiger partial charge on any atom is -0.493 e. The molecule has 1 atom stereocenters. The molecule has 1 aromatic rings. The Labute approximate surface area is 138 Å². The summed E-state index contributed by atoms with van der Waals surface area (Å²) in [6.07, 6.45) is 1.28. The van der Waals surface area contributed by atoms with Crippen LogP contribution in [0.15, 0.2) is 12.1 Å². The number of hydrogen-bond donors (Lipinski definition) is 0. The molecule has 1 aromatic carbocycles. The predicted octanol–water partition coefficient (Wildman–Crippen LogP) is 3.13. The van der Waals surface area contributed by atoms with Crippen LogP contribution < -0.4 is 9.47 Å². The molecule has 124 valence electrons. The summed E-state index contributed by atoms with van der Waals surface area (Å²) in [6, 6.07) is 3.85. The molecule has 0 saturated carbocycles. The average molecular weight is 327 g/mol. The zero-order chi connectivity index (χ0) is 16.1. The molecule has 0 N–H and O–H groups in total. The number of likely N-dealkylation sites (tertiary alicyclic amines) is 1. The summed E-state index contributed by atoms with van der Waals surface area (Å²) in [5, 5.41) is 0.732. The van der Waals surface area contributed by atoms with Crippen LogP contribution in [-0.4, -0.2) is 57.2 Å². The third-order valence-corrected chi connectivity index (χ3v) is 4.48. The van der Waals surface area contributed by atoms with E-state index in [0.29, 0.717) is 12.4 Å². The van der Waals surface area contributed by atoms with Crippen molar-refractivity contribution in [2.75, 3.05) is 47.4 Å². The highest BCUT2D eigenvalue weighted by molar-refractivity contribution is 6.31. The first-order chi connectivity index (χ1) is 10.5. The van der Waals surface area contributed by atoms with Gasteiger partial charge in [-0.05, 0) is 51.5 Å². The summed E-state index contributed by atoms with van der Waals surface area (Å²) in [5.41, 5.74) is 1.08. The van der Waals surface area contributed by atoms with Crippen molar-refractivity contribution in [3.63, 3.8) is 0 Å². The third-order valence-electron chi connectivity index (χ3n) is 4.13. The quantitative estimate of drug-likeness (QED) is 0.768. The largest absolute Gasteiger partial charge is 0.493 e. The van der Waals surface area contributed by atoms with Crippen LogP contribution in [0.4, 0.5) is 0 Å². The van der Waals surface area contributed by atoms with Gasteiger partial charge in [0, 0.05) is 30.7 Å². The molecule has 1 saturated heterocycles. The van der Waals surface area contributed by atoms with Crippen molar-refractivity contribution in [2.45, 2.75) is 19.9 Å². The highest BCUT2D eigenvalue weighted by Crippen LogP contribution is 2.34. The van der Waals surface area contributed by atoms with Crippen LogP contribution in [0.3, 0.4) is 0 Å². The van der Waals surface area contributed by atoms with Crippen LogP contribution in [0, 0.1) is 5.92 Å². The van der Waals surface area contributed by atoms with Gasteiger partial charge in [0.15, 0.2) is 11.5 Å². The summed E-state index contributed by atoms with van der Waals surface area (Å²) in [4.78, 5) is 4.74. The van der Waals surface area contributed by atoms with Crippen molar-refractivity contribution >= 4 is 11.6 Å². The van der Waals surface area contributed by atoms with E-state index in [1.807, 2.05) is 19.1 Å². The van der Waals surface area contributed by atoms with Crippen LogP contribution >= 0.6 is 11.6 Å². The van der Waals surface area contributed by atoms with Gasteiger partial charge in [-0.3, -0.25) is 0 Å². The Balaban J connectivity index is 2.03. The molecule has 1 aliphatic rings. The number of benzene rings is 1. The van der Waals surface area contributed by atoms with Crippen LogP contribution in [0.25, 0.3) is 0 Å². The molecule has 1 fully saturated rings. The zero-order valence-corrected chi connectivity index (χ0v) is 14.8. The lowest BCUT2D eigenvalue weighted by molar-refractivity contribution is 0.266. The number of halogens is 1. The van der Waals surface area contributed by atoms with Gasteiger partial charge in [0.2, 0.25) is 0 Å². The molecule has 1 unspecified atom stereocenters. The highest BCUT2D eigenvalue weighted by atomic mass is 35.5. The smallest absolute Gasteiger partial charge is 0.162 e. The molecule has 0 aromatic heterocycles. The standard InChI is InChI=1S/C17H27ClN2O2/c1-5-22-17-8-14(15(18)9-16(17)21-4)12-20(3)11-13-6-7-19(2)10-13/h8-9,13H,5-7,10-12H2,1-4H3. The van der Waals surface area contributed by atoms with Crippen LogP contribution in [0.2, 0.25) is 5.02 Å². The Morgan fingerprint density at radius 1 is 1.36 bits per heavy atom. The van der Waals surface area contributed by atoms with Gasteiger partial charge in [0.1, 0.15) is 0 Å². The topological polar surface area (TPSA) is 24.9 Å². The first kappa shape index (κ1) is 17.4. The van der Waals surface area contributed by atoms with Gasteiger partial charge in [-0.15, -0.1) is 0 Å². The van der Waals surface area contributed by atoms with E-state index >= 15 is 0 Å². The maximum absolute atomic E-state index is 6.39. The van der Waals surface area contributed by atoms with Gasteiger partial charge in [0.05, 0.1) is 13.7 Å². The van der Waals surface area contributed by atoms with Crippen LogP contribution in [0.1, 0.15) is 18.9 Å². The monoisotopic (exact) mass is 326 g/mol. The number of ether oxygens (including phenoxy) is 2. The van der Waals surface area contributed by atoms with E-state index in [2.05, 4.69) is 23.9 Å². The lowest BCUT2D eigenvalue weighted by Crippen LogP contribution is -2.27. The SMILES string of the molecule is CCOc1cc(CN(C)CC2CCN(C)C2)c(Cl)cc1OC. The van der Waals surface area contributed by atoms with E-state index in [4.69, 9.17) is 21.1 Å². The molecule has 1 aliphatic heterocycles. The van der Waals surface area contributed by atoms with Crippen molar-refractivity contribution in [3.05, 3.63) is 22.7 Å². The van der Waals surface area contributed by atoms with Crippen LogP contribution in [0.5, 0.6) is 11.5 Å². The summed E-state index contributed by atoms with van der Waals surface area (Å²) in [7, 11) is 5.98. The summed E-state index contributed by atoms with van der Waals surface area (Å²) < 4.78 is 11.0. The Bertz CT molecular complexity index is 496. The van der Waals surface area contributed by atoms with Gasteiger partial charge >= 0.3 is 0 Å². The molecule has 0 aliphatic carbocycles. The van der Waals surface area contributed by atoms with Crippen molar-refractivity contribution in [1.82, 2.24) is 9.80 Å². The molecular formula is C17H27ClN2O2. The van der Waals surface area contributed by atoms with E-state index < -0.39 is 0 Å². The van der Waals surface area contributed by atoms with Gasteiger partial charge < -0.3 is 19.3 Å². The van der Waals surface area contributed by atoms with E-state index in [1.54, 1.807) is 7.11 Å². The van der Waals surface area contributed by atoms with E-state index in [-0.39, 0.29) is 0 Å². The fraction of sp³-hybridized carbons (Fsp3) is 0.647. The predicted molar refractivity (Wildman–Crippen MR) is 91.1 cm³/mol. The molecule has 0 amide bonds. The maximum Gasteiger partial charge on any atom is 0.162 e. The number of rotatable bonds is 7. The van der Waals surface area contributed by atoms with Gasteiger partial charge in [-0.25, -0.2) is 0 Å². The highest BCUT2D eigenvalue weighted by Gasteiger charge is 2.21. The lowest BCUT2D eigenvalue weighted by Gasteiger charge is -2.22.